The Balaban J connectivity index is 2.26. The molecule has 0 aromatic heterocycles. The lowest BCUT2D eigenvalue weighted by atomic mass is 10.2. The summed E-state index contributed by atoms with van der Waals surface area (Å²) in [6, 6.07) is 1.40. The van der Waals surface area contributed by atoms with Crippen LogP contribution < -0.4 is 0 Å². The Bertz CT molecular complexity index is 311. The van der Waals surface area contributed by atoms with Crippen molar-refractivity contribution in [3.63, 3.8) is 0 Å². The average Bonchev–Trinajstić information content (AvgIpc) is 2.91. The highest BCUT2D eigenvalue weighted by Crippen LogP contribution is 2.22. The number of carbonyl (C=O) groups is 1. The first-order chi connectivity index (χ1) is 9.99. The van der Waals surface area contributed by atoms with Gasteiger partial charge in [-0.2, -0.15) is 0 Å². The van der Waals surface area contributed by atoms with Gasteiger partial charge in [0.2, 0.25) is 0 Å². The Morgan fingerprint density at radius 3 is 2.57 bits per heavy atom. The minimum atomic E-state index is -1.26. The van der Waals surface area contributed by atoms with Gasteiger partial charge in [-0.15, -0.1) is 0 Å². The zero-order chi connectivity index (χ0) is 15.7. The largest absolute Gasteiger partial charge is 0.466 e. The van der Waals surface area contributed by atoms with Crippen LogP contribution in [0.4, 0.5) is 0 Å². The van der Waals surface area contributed by atoms with E-state index in [0.717, 1.165) is 19.8 Å². The van der Waals surface area contributed by atoms with Gasteiger partial charge in [0, 0.05) is 26.3 Å². The Morgan fingerprint density at radius 1 is 1.14 bits per heavy atom. The summed E-state index contributed by atoms with van der Waals surface area (Å²) < 4.78 is 7.70. The van der Waals surface area contributed by atoms with Crippen LogP contribution in [0.2, 0.25) is 19.1 Å². The first kappa shape index (κ1) is 18.7. The molecule has 4 nitrogen and oxygen atoms in total. The molecule has 0 aromatic rings. The van der Waals surface area contributed by atoms with Crippen LogP contribution in [0.1, 0.15) is 46.0 Å². The lowest BCUT2D eigenvalue weighted by molar-refractivity contribution is -0.143. The first-order valence-electron chi connectivity index (χ1n) is 8.62. The second-order valence-electron chi connectivity index (χ2n) is 6.70. The lowest BCUT2D eigenvalue weighted by Gasteiger charge is -2.33. The molecule has 1 saturated heterocycles. The number of hydrogen-bond donors (Lipinski definition) is 0. The van der Waals surface area contributed by atoms with Crippen LogP contribution in [0.25, 0.3) is 0 Å². The molecule has 0 bridgehead atoms. The minimum absolute atomic E-state index is 0.0629. The highest BCUT2D eigenvalue weighted by molar-refractivity contribution is 6.74. The van der Waals surface area contributed by atoms with Crippen molar-refractivity contribution in [1.29, 1.82) is 0 Å². The molecule has 0 aliphatic carbocycles. The molecule has 0 spiro atoms. The number of esters is 1. The van der Waals surface area contributed by atoms with Crippen LogP contribution >= 0.6 is 0 Å². The summed E-state index contributed by atoms with van der Waals surface area (Å²) in [4.78, 5) is 13.8. The van der Waals surface area contributed by atoms with Crippen molar-refractivity contribution in [3.05, 3.63) is 0 Å². The van der Waals surface area contributed by atoms with Crippen LogP contribution in [0.5, 0.6) is 0 Å². The molecular weight excluding hydrogens is 280 g/mol. The summed E-state index contributed by atoms with van der Waals surface area (Å²) >= 11 is 0. The number of carbonyl (C=O) groups excluding carboxylic acids is 1. The van der Waals surface area contributed by atoms with Gasteiger partial charge in [-0.05, 0) is 13.0 Å². The van der Waals surface area contributed by atoms with E-state index in [1.54, 1.807) is 0 Å². The Morgan fingerprint density at radius 2 is 1.90 bits per heavy atom. The predicted molar refractivity (Wildman–Crippen MR) is 90.8 cm³/mol. The first-order valence-corrected chi connectivity index (χ1v) is 11.8. The number of unbranched alkanes of at least 4 members (excludes halogenated alkanes) is 3. The van der Waals surface area contributed by atoms with Gasteiger partial charge in [-0.25, -0.2) is 0 Å². The van der Waals surface area contributed by atoms with E-state index in [-0.39, 0.29) is 5.97 Å². The molecule has 1 aliphatic heterocycles. The summed E-state index contributed by atoms with van der Waals surface area (Å²) in [7, 11) is -1.26. The zero-order valence-corrected chi connectivity index (χ0v) is 15.5. The summed E-state index contributed by atoms with van der Waals surface area (Å²) in [6.45, 7) is 13.8. The Hall–Kier alpha value is -0.393. The lowest BCUT2D eigenvalue weighted by Crippen LogP contribution is -2.48. The summed E-state index contributed by atoms with van der Waals surface area (Å²) in [5.74, 6) is -0.0629. The molecule has 1 rings (SSSR count). The van der Waals surface area contributed by atoms with E-state index in [9.17, 15) is 4.79 Å². The van der Waals surface area contributed by atoms with Crippen molar-refractivity contribution in [1.82, 2.24) is 9.47 Å². The fraction of sp³-hybridized carbons (Fsp3) is 0.938. The molecule has 1 heterocycles. The average molecular weight is 315 g/mol. The standard InChI is InChI=1S/C16H34N2O2Si/c1-5-7-8-9-14-21(3,4)18-13-12-17(15-18)11-10-16(19)20-6-2/h5-15H2,1-4H3. The van der Waals surface area contributed by atoms with Crippen molar-refractivity contribution in [2.24, 2.45) is 0 Å². The van der Waals surface area contributed by atoms with E-state index in [2.05, 4.69) is 29.5 Å². The second kappa shape index (κ2) is 9.59. The van der Waals surface area contributed by atoms with Gasteiger partial charge >= 0.3 is 5.97 Å². The van der Waals surface area contributed by atoms with Crippen molar-refractivity contribution in [3.8, 4) is 0 Å². The molecule has 0 aromatic carbocycles. The number of nitrogens with zero attached hydrogens (tertiary/aromatic N) is 2. The van der Waals surface area contributed by atoms with Crippen molar-refractivity contribution in [2.75, 3.05) is 32.9 Å². The summed E-state index contributed by atoms with van der Waals surface area (Å²) in [5.41, 5.74) is 0. The quantitative estimate of drug-likeness (QED) is 0.352. The number of hydrogen-bond acceptors (Lipinski definition) is 4. The maximum absolute atomic E-state index is 11.4. The zero-order valence-electron chi connectivity index (χ0n) is 14.5. The number of ether oxygens (including phenoxy) is 1. The van der Waals surface area contributed by atoms with Crippen LogP contribution in [0, 0.1) is 0 Å². The van der Waals surface area contributed by atoms with Crippen LogP contribution in [0.15, 0.2) is 0 Å². The fourth-order valence-electron chi connectivity index (χ4n) is 2.95. The molecule has 0 amide bonds. The van der Waals surface area contributed by atoms with E-state index >= 15 is 0 Å². The smallest absolute Gasteiger partial charge is 0.307 e. The Labute approximate surface area is 131 Å². The third kappa shape index (κ3) is 6.93. The van der Waals surface area contributed by atoms with E-state index in [0.29, 0.717) is 13.0 Å². The van der Waals surface area contributed by atoms with Gasteiger partial charge < -0.3 is 9.30 Å². The van der Waals surface area contributed by atoms with Gasteiger partial charge in [-0.3, -0.25) is 9.69 Å². The SMILES string of the molecule is CCCCCC[Si](C)(C)N1CCN(CCC(=O)OCC)C1. The predicted octanol–water partition coefficient (Wildman–Crippen LogP) is 3.30. The molecule has 21 heavy (non-hydrogen) atoms. The van der Waals surface area contributed by atoms with Gasteiger partial charge in [0.05, 0.1) is 13.0 Å². The molecule has 0 unspecified atom stereocenters. The normalized spacial score (nSPS) is 17.3. The molecule has 1 fully saturated rings. The second-order valence-corrected chi connectivity index (χ2v) is 11.5. The van der Waals surface area contributed by atoms with Gasteiger partial charge in [0.25, 0.3) is 0 Å². The van der Waals surface area contributed by atoms with Crippen molar-refractivity contribution >= 4 is 14.2 Å². The molecule has 0 radical (unpaired) electrons. The van der Waals surface area contributed by atoms with Crippen molar-refractivity contribution < 1.29 is 9.53 Å². The van der Waals surface area contributed by atoms with Gasteiger partial charge in [-0.1, -0.05) is 45.7 Å². The summed E-state index contributed by atoms with van der Waals surface area (Å²) in [5, 5.41) is 0. The maximum atomic E-state index is 11.4. The molecule has 1 aliphatic rings. The molecule has 124 valence electrons. The molecular formula is C16H34N2O2Si. The fourth-order valence-corrected chi connectivity index (χ4v) is 5.67. The van der Waals surface area contributed by atoms with Gasteiger partial charge in [0.1, 0.15) is 8.24 Å². The van der Waals surface area contributed by atoms with E-state index in [1.807, 2.05) is 6.92 Å². The topological polar surface area (TPSA) is 32.8 Å². The van der Waals surface area contributed by atoms with Gasteiger partial charge in [0.15, 0.2) is 0 Å². The molecule has 0 atom stereocenters. The van der Waals surface area contributed by atoms with Crippen LogP contribution in [-0.2, 0) is 9.53 Å². The van der Waals surface area contributed by atoms with Crippen LogP contribution in [-0.4, -0.2) is 56.6 Å². The molecule has 5 heteroatoms. The van der Waals surface area contributed by atoms with E-state index in [4.69, 9.17) is 4.74 Å². The van der Waals surface area contributed by atoms with Crippen molar-refractivity contribution in [2.45, 2.75) is 65.1 Å². The number of rotatable bonds is 10. The highest BCUT2D eigenvalue weighted by Gasteiger charge is 2.33. The molecule has 0 saturated carbocycles. The Kier molecular flexibility index (Phi) is 8.52. The van der Waals surface area contributed by atoms with E-state index in [1.165, 1.54) is 38.3 Å². The maximum Gasteiger partial charge on any atom is 0.307 e. The third-order valence-electron chi connectivity index (χ3n) is 4.49. The minimum Gasteiger partial charge on any atom is -0.466 e. The van der Waals surface area contributed by atoms with Crippen LogP contribution in [0.3, 0.4) is 0 Å². The monoisotopic (exact) mass is 314 g/mol. The highest BCUT2D eigenvalue weighted by atomic mass is 28.3. The third-order valence-corrected chi connectivity index (χ3v) is 8.15. The van der Waals surface area contributed by atoms with E-state index < -0.39 is 8.24 Å². The molecule has 0 N–H and O–H groups in total. The summed E-state index contributed by atoms with van der Waals surface area (Å²) in [6.07, 6.45) is 5.98.